The number of urea groups is 1. The van der Waals surface area contributed by atoms with E-state index in [1.54, 1.807) is 11.3 Å². The summed E-state index contributed by atoms with van der Waals surface area (Å²) in [6.45, 7) is 4.20. The minimum Gasteiger partial charge on any atom is -0.326 e. The molecule has 2 fully saturated rings. The number of nitrogens with zero attached hydrogens (tertiary/aromatic N) is 2. The maximum absolute atomic E-state index is 12.7. The van der Waals surface area contributed by atoms with E-state index < -0.39 is 6.04 Å². The zero-order valence-electron chi connectivity index (χ0n) is 16.7. The number of aromatic nitrogens is 1. The van der Waals surface area contributed by atoms with Crippen molar-refractivity contribution in [2.75, 3.05) is 5.32 Å². The van der Waals surface area contributed by atoms with Gasteiger partial charge in [-0.05, 0) is 31.0 Å². The number of rotatable bonds is 5. The van der Waals surface area contributed by atoms with Crippen molar-refractivity contribution >= 4 is 45.1 Å². The van der Waals surface area contributed by atoms with E-state index in [2.05, 4.69) is 29.5 Å². The van der Waals surface area contributed by atoms with Crippen LogP contribution in [0.4, 0.5) is 10.5 Å². The topological polar surface area (TPSA) is 91.4 Å². The van der Waals surface area contributed by atoms with Crippen molar-refractivity contribution in [1.29, 1.82) is 0 Å². The Labute approximate surface area is 173 Å². The third kappa shape index (κ3) is 4.12. The average molecular weight is 415 g/mol. The molecule has 1 saturated heterocycles. The van der Waals surface area contributed by atoms with E-state index in [1.165, 1.54) is 4.90 Å². The van der Waals surface area contributed by atoms with Gasteiger partial charge >= 0.3 is 6.03 Å². The largest absolute Gasteiger partial charge is 0.326 e. The van der Waals surface area contributed by atoms with E-state index in [0.29, 0.717) is 11.6 Å². The Hall–Kier alpha value is -2.48. The standard InChI is InChI=1S/C21H26N4O3S/c1-12(2)19-23-15-9-8-13(10-17(15)29-19)22-18(26)11-16-20(27)25(21(28)24-16)14-6-4-3-5-7-14/h8-10,12,14,16H,3-7,11H2,1-2H3,(H,22,26)(H,24,28)/t16-/m0/s1. The molecule has 4 amide bonds. The fourth-order valence-electron chi connectivity index (χ4n) is 4.04. The van der Waals surface area contributed by atoms with Gasteiger partial charge in [-0.1, -0.05) is 33.1 Å². The molecule has 154 valence electrons. The Bertz CT molecular complexity index is 949. The summed E-state index contributed by atoms with van der Waals surface area (Å²) in [6, 6.07) is 4.41. The molecule has 4 rings (SSSR count). The first-order valence-corrected chi connectivity index (χ1v) is 11.1. The molecule has 0 unspecified atom stereocenters. The van der Waals surface area contributed by atoms with Gasteiger partial charge in [-0.3, -0.25) is 14.5 Å². The number of imide groups is 1. The molecule has 2 aromatic rings. The van der Waals surface area contributed by atoms with E-state index in [4.69, 9.17) is 0 Å². The molecular formula is C21H26N4O3S. The minimum atomic E-state index is -0.788. The molecule has 0 radical (unpaired) electrons. The number of anilines is 1. The summed E-state index contributed by atoms with van der Waals surface area (Å²) >= 11 is 1.62. The lowest BCUT2D eigenvalue weighted by atomic mass is 9.94. The predicted octanol–water partition coefficient (Wildman–Crippen LogP) is 4.00. The van der Waals surface area contributed by atoms with Crippen LogP contribution in [0.1, 0.15) is 63.3 Å². The second kappa shape index (κ2) is 8.10. The zero-order chi connectivity index (χ0) is 20.5. The normalized spacial score (nSPS) is 20.5. The second-order valence-electron chi connectivity index (χ2n) is 8.14. The number of nitrogens with one attached hydrogen (secondary N) is 2. The van der Waals surface area contributed by atoms with Crippen LogP contribution in [-0.4, -0.2) is 39.8 Å². The van der Waals surface area contributed by atoms with E-state index in [-0.39, 0.29) is 30.3 Å². The molecule has 2 N–H and O–H groups in total. The second-order valence-corrected chi connectivity index (χ2v) is 9.21. The Kier molecular flexibility index (Phi) is 5.54. The summed E-state index contributed by atoms with van der Waals surface area (Å²) in [5, 5.41) is 6.59. The molecule has 1 atom stereocenters. The van der Waals surface area contributed by atoms with Crippen molar-refractivity contribution in [3.8, 4) is 0 Å². The smallest absolute Gasteiger partial charge is 0.325 e. The maximum Gasteiger partial charge on any atom is 0.325 e. The van der Waals surface area contributed by atoms with Crippen LogP contribution in [0.3, 0.4) is 0 Å². The highest BCUT2D eigenvalue weighted by Crippen LogP contribution is 2.30. The van der Waals surface area contributed by atoms with Gasteiger partial charge in [0.15, 0.2) is 0 Å². The average Bonchev–Trinajstić information content (AvgIpc) is 3.23. The Balaban J connectivity index is 1.40. The summed E-state index contributed by atoms with van der Waals surface area (Å²) in [5.41, 5.74) is 1.58. The van der Waals surface area contributed by atoms with Gasteiger partial charge in [-0.25, -0.2) is 9.78 Å². The fraction of sp³-hybridized carbons (Fsp3) is 0.524. The van der Waals surface area contributed by atoms with Gasteiger partial charge in [0.05, 0.1) is 21.6 Å². The predicted molar refractivity (Wildman–Crippen MR) is 113 cm³/mol. The lowest BCUT2D eigenvalue weighted by Gasteiger charge is -2.28. The van der Waals surface area contributed by atoms with Crippen molar-refractivity contribution in [2.24, 2.45) is 0 Å². The third-order valence-electron chi connectivity index (χ3n) is 5.56. The third-order valence-corrected chi connectivity index (χ3v) is 6.88. The highest BCUT2D eigenvalue weighted by molar-refractivity contribution is 7.18. The van der Waals surface area contributed by atoms with Crippen molar-refractivity contribution in [1.82, 2.24) is 15.2 Å². The summed E-state index contributed by atoms with van der Waals surface area (Å²) in [7, 11) is 0. The van der Waals surface area contributed by atoms with E-state index >= 15 is 0 Å². The van der Waals surface area contributed by atoms with Crippen molar-refractivity contribution in [3.63, 3.8) is 0 Å². The molecule has 1 aromatic heterocycles. The fourth-order valence-corrected chi connectivity index (χ4v) is 5.05. The van der Waals surface area contributed by atoms with Gasteiger partial charge in [-0.2, -0.15) is 0 Å². The molecular weight excluding hydrogens is 388 g/mol. The number of benzene rings is 1. The van der Waals surface area contributed by atoms with E-state index in [0.717, 1.165) is 47.3 Å². The van der Waals surface area contributed by atoms with Gasteiger partial charge in [-0.15, -0.1) is 11.3 Å². The van der Waals surface area contributed by atoms with Crippen molar-refractivity contribution in [3.05, 3.63) is 23.2 Å². The van der Waals surface area contributed by atoms with Gasteiger partial charge in [0, 0.05) is 17.6 Å². The van der Waals surface area contributed by atoms with Crippen LogP contribution in [0.15, 0.2) is 18.2 Å². The molecule has 0 spiro atoms. The molecule has 1 aromatic carbocycles. The molecule has 2 aliphatic rings. The molecule has 2 heterocycles. The Morgan fingerprint density at radius 1 is 1.28 bits per heavy atom. The number of hydrogen-bond acceptors (Lipinski definition) is 5. The summed E-state index contributed by atoms with van der Waals surface area (Å²) in [4.78, 5) is 43.4. The lowest BCUT2D eigenvalue weighted by molar-refractivity contribution is -0.131. The quantitative estimate of drug-likeness (QED) is 0.724. The first-order valence-electron chi connectivity index (χ1n) is 10.3. The summed E-state index contributed by atoms with van der Waals surface area (Å²) in [5.74, 6) is -0.215. The van der Waals surface area contributed by atoms with Gasteiger partial charge in [0.1, 0.15) is 6.04 Å². The van der Waals surface area contributed by atoms with Crippen LogP contribution in [0, 0.1) is 0 Å². The van der Waals surface area contributed by atoms with Gasteiger partial charge < -0.3 is 10.6 Å². The van der Waals surface area contributed by atoms with Gasteiger partial charge in [0.25, 0.3) is 5.91 Å². The molecule has 29 heavy (non-hydrogen) atoms. The number of hydrogen-bond donors (Lipinski definition) is 2. The zero-order valence-corrected chi connectivity index (χ0v) is 17.6. The SMILES string of the molecule is CC(C)c1nc2ccc(NC(=O)C[C@@H]3NC(=O)N(C4CCCCC4)C3=O)cc2s1. The Morgan fingerprint density at radius 2 is 2.03 bits per heavy atom. The van der Waals surface area contributed by atoms with Gasteiger partial charge in [0.2, 0.25) is 5.91 Å². The first-order chi connectivity index (χ1) is 13.9. The highest BCUT2D eigenvalue weighted by Gasteiger charge is 2.42. The maximum atomic E-state index is 12.7. The summed E-state index contributed by atoms with van der Waals surface area (Å²) in [6.07, 6.45) is 4.86. The van der Waals surface area contributed by atoms with Crippen LogP contribution in [0.5, 0.6) is 0 Å². The number of amides is 4. The highest BCUT2D eigenvalue weighted by atomic mass is 32.1. The number of carbonyl (C=O) groups is 3. The monoisotopic (exact) mass is 414 g/mol. The van der Waals surface area contributed by atoms with Crippen LogP contribution < -0.4 is 10.6 Å². The van der Waals surface area contributed by atoms with E-state index in [1.807, 2.05) is 18.2 Å². The van der Waals surface area contributed by atoms with Crippen molar-refractivity contribution in [2.45, 2.75) is 70.4 Å². The molecule has 7 nitrogen and oxygen atoms in total. The molecule has 1 aliphatic carbocycles. The van der Waals surface area contributed by atoms with Crippen LogP contribution in [0.2, 0.25) is 0 Å². The van der Waals surface area contributed by atoms with Crippen molar-refractivity contribution < 1.29 is 14.4 Å². The number of carbonyl (C=O) groups excluding carboxylic acids is 3. The first kappa shape index (κ1) is 19.8. The molecule has 1 aliphatic heterocycles. The molecule has 8 heteroatoms. The van der Waals surface area contributed by atoms with Crippen LogP contribution >= 0.6 is 11.3 Å². The van der Waals surface area contributed by atoms with E-state index in [9.17, 15) is 14.4 Å². The molecule has 1 saturated carbocycles. The molecule has 0 bridgehead atoms. The summed E-state index contributed by atoms with van der Waals surface area (Å²) < 4.78 is 1.01. The number of fused-ring (bicyclic) bond motifs is 1. The van der Waals surface area contributed by atoms with Crippen LogP contribution in [-0.2, 0) is 9.59 Å². The Morgan fingerprint density at radius 3 is 2.76 bits per heavy atom. The van der Waals surface area contributed by atoms with Crippen LogP contribution in [0.25, 0.3) is 10.2 Å². The lowest BCUT2D eigenvalue weighted by Crippen LogP contribution is -2.42. The number of thiazole rings is 1. The minimum absolute atomic E-state index is 0.0341.